The first kappa shape index (κ1) is 53.1. The van der Waals surface area contributed by atoms with E-state index in [1.54, 1.807) is 0 Å². The Bertz CT molecular complexity index is 1350. The van der Waals surface area contributed by atoms with E-state index in [4.69, 9.17) is 18.9 Å². The molecule has 0 bridgehead atoms. The summed E-state index contributed by atoms with van der Waals surface area (Å²) in [7, 11) is -4.61. The number of hydrogen-bond donors (Lipinski definition) is 4. The third-order valence-electron chi connectivity index (χ3n) is 9.27. The number of unbranched alkanes of at least 4 members (excludes halogenated alkanes) is 10. The van der Waals surface area contributed by atoms with Crippen LogP contribution < -0.4 is 0 Å². The lowest BCUT2D eigenvalue weighted by molar-refractivity contribution is -0.297. The van der Waals surface area contributed by atoms with Crippen molar-refractivity contribution in [3.05, 3.63) is 72.9 Å². The van der Waals surface area contributed by atoms with Crippen molar-refractivity contribution in [2.45, 2.75) is 179 Å². The van der Waals surface area contributed by atoms with Crippen LogP contribution in [0.3, 0.4) is 0 Å². The van der Waals surface area contributed by atoms with Crippen LogP contribution >= 0.6 is 0 Å². The van der Waals surface area contributed by atoms with Gasteiger partial charge in [-0.15, -0.1) is 0 Å². The minimum atomic E-state index is -4.61. The molecule has 12 nitrogen and oxygen atoms in total. The Morgan fingerprint density at radius 1 is 0.603 bits per heavy atom. The number of hydrogen-bond acceptors (Lipinski definition) is 11. The summed E-state index contributed by atoms with van der Waals surface area (Å²) in [6.07, 6.45) is 33.8. The predicted octanol–water partition coefficient (Wildman–Crippen LogP) is 8.33. The Labute approximate surface area is 348 Å². The van der Waals surface area contributed by atoms with Crippen molar-refractivity contribution in [2.75, 3.05) is 19.0 Å². The molecule has 58 heavy (non-hydrogen) atoms. The van der Waals surface area contributed by atoms with Crippen molar-refractivity contribution in [1.29, 1.82) is 0 Å². The molecular formula is C45H74O12S. The summed E-state index contributed by atoms with van der Waals surface area (Å²) in [6.45, 7) is 3.55. The summed E-state index contributed by atoms with van der Waals surface area (Å²) >= 11 is 0. The maximum atomic E-state index is 12.8. The van der Waals surface area contributed by atoms with Crippen LogP contribution in [0.15, 0.2) is 72.9 Å². The first-order chi connectivity index (χ1) is 28.0. The highest BCUT2D eigenvalue weighted by atomic mass is 32.2. The second-order valence-corrected chi connectivity index (χ2v) is 16.1. The highest BCUT2D eigenvalue weighted by Gasteiger charge is 2.46. The molecule has 1 aliphatic heterocycles. The van der Waals surface area contributed by atoms with E-state index in [0.717, 1.165) is 70.6 Å². The number of aliphatic hydroxyl groups is 3. The summed E-state index contributed by atoms with van der Waals surface area (Å²) < 4.78 is 53.9. The lowest BCUT2D eigenvalue weighted by atomic mass is 10.00. The van der Waals surface area contributed by atoms with Crippen molar-refractivity contribution >= 4 is 22.1 Å². The lowest BCUT2D eigenvalue weighted by Crippen LogP contribution is -2.60. The van der Waals surface area contributed by atoms with Gasteiger partial charge >= 0.3 is 11.9 Å². The Morgan fingerprint density at radius 3 is 1.69 bits per heavy atom. The molecule has 0 aromatic carbocycles. The van der Waals surface area contributed by atoms with Crippen LogP contribution in [-0.4, -0.2) is 96.0 Å². The van der Waals surface area contributed by atoms with Gasteiger partial charge in [0.15, 0.2) is 12.4 Å². The molecule has 0 aromatic heterocycles. The average molecular weight is 839 g/mol. The molecule has 1 rings (SSSR count). The van der Waals surface area contributed by atoms with Gasteiger partial charge in [0.2, 0.25) is 0 Å². The van der Waals surface area contributed by atoms with Gasteiger partial charge < -0.3 is 34.3 Å². The fraction of sp³-hybridized carbons (Fsp3) is 0.689. The number of aliphatic hydroxyl groups excluding tert-OH is 3. The highest BCUT2D eigenvalue weighted by Crippen LogP contribution is 2.24. The van der Waals surface area contributed by atoms with E-state index < -0.39 is 71.2 Å². The largest absolute Gasteiger partial charge is 0.462 e. The molecule has 0 aromatic rings. The first-order valence-corrected chi connectivity index (χ1v) is 23.1. The smallest absolute Gasteiger partial charge is 0.306 e. The van der Waals surface area contributed by atoms with Crippen LogP contribution in [0.2, 0.25) is 0 Å². The molecule has 13 heteroatoms. The summed E-state index contributed by atoms with van der Waals surface area (Å²) in [5.41, 5.74) is 0. The Kier molecular flexibility index (Phi) is 32.0. The number of rotatable bonds is 34. The Balaban J connectivity index is 2.54. The summed E-state index contributed by atoms with van der Waals surface area (Å²) in [5.74, 6) is -2.08. The second kappa shape index (κ2) is 34.9. The van der Waals surface area contributed by atoms with Gasteiger partial charge in [0.1, 0.15) is 36.8 Å². The predicted molar refractivity (Wildman–Crippen MR) is 228 cm³/mol. The summed E-state index contributed by atoms with van der Waals surface area (Å²) in [5, 5.41) is 30.8. The molecule has 332 valence electrons. The fourth-order valence-electron chi connectivity index (χ4n) is 5.94. The fourth-order valence-corrected chi connectivity index (χ4v) is 6.63. The van der Waals surface area contributed by atoms with Crippen molar-refractivity contribution < 1.29 is 56.8 Å². The van der Waals surface area contributed by atoms with Gasteiger partial charge in [0.25, 0.3) is 10.1 Å². The van der Waals surface area contributed by atoms with Crippen LogP contribution in [0.1, 0.15) is 142 Å². The average Bonchev–Trinajstić information content (AvgIpc) is 3.18. The second-order valence-electron chi connectivity index (χ2n) is 14.6. The molecule has 0 radical (unpaired) electrons. The SMILES string of the molecule is CC/C=C\C/C=C\C/C=C\C/C=C\C/C=C\CCCC(=O)OC(COC(=O)CCCCCCC/C=C\CCCCCC)COC1OC(CS(=O)(=O)O)C(O)C(O)C1O. The van der Waals surface area contributed by atoms with E-state index in [2.05, 4.69) is 74.6 Å². The van der Waals surface area contributed by atoms with E-state index in [-0.39, 0.29) is 19.4 Å². The lowest BCUT2D eigenvalue weighted by Gasteiger charge is -2.40. The molecule has 1 fully saturated rings. The van der Waals surface area contributed by atoms with Gasteiger partial charge in [-0.25, -0.2) is 0 Å². The number of esters is 2. The van der Waals surface area contributed by atoms with Gasteiger partial charge in [-0.05, 0) is 77.0 Å². The van der Waals surface area contributed by atoms with Crippen molar-refractivity contribution in [3.8, 4) is 0 Å². The molecule has 0 aliphatic carbocycles. The van der Waals surface area contributed by atoms with Crippen LogP contribution in [0.5, 0.6) is 0 Å². The molecule has 4 N–H and O–H groups in total. The summed E-state index contributed by atoms with van der Waals surface area (Å²) in [6, 6.07) is 0. The topological polar surface area (TPSA) is 186 Å². The standard InChI is InChI=1S/C45H74O12S/c1-3-5-7-9-11-13-15-17-18-19-20-22-24-26-28-30-32-34-41(47)56-38(36-55-45-44(50)43(49)42(48)39(57-45)37-58(51,52)53)35-54-40(46)33-31-29-27-25-23-21-16-14-12-10-8-6-4-2/h5,7,11,13-14,16-18,20,22,26,28,38-39,42-45,48-50H,3-4,6,8-10,12,15,19,21,23-25,27,29-37H2,1-2H3,(H,51,52,53)/b7-5-,13-11-,16-14-,18-17-,22-20-,28-26-. The molecule has 6 atom stereocenters. The van der Waals surface area contributed by atoms with Gasteiger partial charge in [-0.2, -0.15) is 8.42 Å². The normalized spacial score (nSPS) is 21.1. The first-order valence-electron chi connectivity index (χ1n) is 21.5. The maximum Gasteiger partial charge on any atom is 0.306 e. The van der Waals surface area contributed by atoms with Crippen LogP contribution in [0, 0.1) is 0 Å². The van der Waals surface area contributed by atoms with E-state index in [1.165, 1.54) is 25.7 Å². The van der Waals surface area contributed by atoms with Crippen molar-refractivity contribution in [1.82, 2.24) is 0 Å². The van der Waals surface area contributed by atoms with E-state index in [1.807, 2.05) is 12.2 Å². The third kappa shape index (κ3) is 29.3. The van der Waals surface area contributed by atoms with Gasteiger partial charge in [-0.3, -0.25) is 14.1 Å². The third-order valence-corrected chi connectivity index (χ3v) is 10.0. The minimum absolute atomic E-state index is 0.0808. The van der Waals surface area contributed by atoms with E-state index in [9.17, 15) is 37.9 Å². The van der Waals surface area contributed by atoms with Crippen molar-refractivity contribution in [2.24, 2.45) is 0 Å². The molecule has 1 heterocycles. The van der Waals surface area contributed by atoms with Gasteiger partial charge in [0.05, 0.1) is 6.61 Å². The minimum Gasteiger partial charge on any atom is -0.462 e. The Hall–Kier alpha value is -2.91. The number of carbonyl (C=O) groups is 2. The zero-order valence-corrected chi connectivity index (χ0v) is 35.9. The molecule has 6 unspecified atom stereocenters. The Morgan fingerprint density at radius 2 is 1.10 bits per heavy atom. The molecule has 0 spiro atoms. The highest BCUT2D eigenvalue weighted by molar-refractivity contribution is 7.85. The van der Waals surface area contributed by atoms with E-state index in [0.29, 0.717) is 19.3 Å². The van der Waals surface area contributed by atoms with E-state index >= 15 is 0 Å². The quantitative estimate of drug-likeness (QED) is 0.0210. The van der Waals surface area contributed by atoms with Crippen LogP contribution in [0.25, 0.3) is 0 Å². The van der Waals surface area contributed by atoms with Crippen LogP contribution in [0.4, 0.5) is 0 Å². The number of allylic oxidation sites excluding steroid dienone is 12. The van der Waals surface area contributed by atoms with Crippen LogP contribution in [-0.2, 0) is 38.7 Å². The molecule has 1 aliphatic rings. The maximum absolute atomic E-state index is 12.8. The summed E-state index contributed by atoms with van der Waals surface area (Å²) in [4.78, 5) is 25.3. The van der Waals surface area contributed by atoms with Gasteiger partial charge in [0, 0.05) is 12.8 Å². The zero-order chi connectivity index (χ0) is 42.7. The monoisotopic (exact) mass is 838 g/mol. The van der Waals surface area contributed by atoms with Gasteiger partial charge in [-0.1, -0.05) is 125 Å². The number of ether oxygens (including phenoxy) is 4. The molecule has 0 amide bonds. The number of carbonyl (C=O) groups excluding carboxylic acids is 2. The molecule has 0 saturated carbocycles. The molecule has 1 saturated heterocycles. The molecular weight excluding hydrogens is 765 g/mol. The zero-order valence-electron chi connectivity index (χ0n) is 35.1. The van der Waals surface area contributed by atoms with Crippen molar-refractivity contribution in [3.63, 3.8) is 0 Å².